The number of carbonyl (C=O) groups excluding carboxylic acids is 1. The van der Waals surface area contributed by atoms with E-state index in [1.54, 1.807) is 6.07 Å². The summed E-state index contributed by atoms with van der Waals surface area (Å²) < 4.78 is 63.9. The number of halogens is 2. The zero-order valence-corrected chi connectivity index (χ0v) is 16.5. The zero-order chi connectivity index (χ0) is 21.0. The van der Waals surface area contributed by atoms with E-state index in [-0.39, 0.29) is 35.8 Å². The molecule has 10 heteroatoms. The van der Waals surface area contributed by atoms with E-state index in [4.69, 9.17) is 9.47 Å². The first-order valence-electron chi connectivity index (χ1n) is 8.81. The standard InChI is InChI=1S/C19H20F2N2O5S/c1-27-17-5-2-13(10-18(17)29(25,26)23-6-8-28-9-7-23)11-19(24)22-14-3-4-15(20)16(21)12-14/h2-5,10,12H,6-9,11H2,1H3,(H,22,24). The molecule has 1 saturated heterocycles. The third-order valence-corrected chi connectivity index (χ3v) is 6.30. The summed E-state index contributed by atoms with van der Waals surface area (Å²) in [5, 5.41) is 2.46. The van der Waals surface area contributed by atoms with Crippen LogP contribution in [0, 0.1) is 11.6 Å². The molecule has 156 valence electrons. The lowest BCUT2D eigenvalue weighted by Crippen LogP contribution is -2.40. The summed E-state index contributed by atoms with van der Waals surface area (Å²) in [6.45, 7) is 1.06. The summed E-state index contributed by atoms with van der Waals surface area (Å²) in [4.78, 5) is 12.2. The lowest BCUT2D eigenvalue weighted by molar-refractivity contribution is -0.115. The van der Waals surface area contributed by atoms with Crippen LogP contribution in [0.25, 0.3) is 0 Å². The highest BCUT2D eigenvalue weighted by molar-refractivity contribution is 7.89. The van der Waals surface area contributed by atoms with Gasteiger partial charge in [-0.15, -0.1) is 0 Å². The van der Waals surface area contributed by atoms with E-state index in [1.807, 2.05) is 0 Å². The number of carbonyl (C=O) groups is 1. The van der Waals surface area contributed by atoms with Crippen molar-refractivity contribution in [1.29, 1.82) is 0 Å². The summed E-state index contributed by atoms with van der Waals surface area (Å²) >= 11 is 0. The van der Waals surface area contributed by atoms with Gasteiger partial charge in [-0.25, -0.2) is 17.2 Å². The molecule has 3 rings (SSSR count). The Labute approximate surface area is 167 Å². The molecule has 1 N–H and O–H groups in total. The van der Waals surface area contributed by atoms with Gasteiger partial charge in [-0.2, -0.15) is 4.31 Å². The first-order chi connectivity index (χ1) is 13.8. The molecule has 1 aliphatic heterocycles. The van der Waals surface area contributed by atoms with Gasteiger partial charge < -0.3 is 14.8 Å². The van der Waals surface area contributed by atoms with Crippen molar-refractivity contribution >= 4 is 21.6 Å². The molecule has 1 fully saturated rings. The number of benzene rings is 2. The van der Waals surface area contributed by atoms with Gasteiger partial charge >= 0.3 is 0 Å². The van der Waals surface area contributed by atoms with Crippen molar-refractivity contribution in [2.24, 2.45) is 0 Å². The minimum absolute atomic E-state index is 0.0416. The van der Waals surface area contributed by atoms with Crippen molar-refractivity contribution < 1.29 is 31.5 Å². The molecule has 0 radical (unpaired) electrons. The summed E-state index contributed by atoms with van der Waals surface area (Å²) in [6.07, 6.45) is -0.158. The number of morpholine rings is 1. The first-order valence-corrected chi connectivity index (χ1v) is 10.2. The van der Waals surface area contributed by atoms with Gasteiger partial charge in [0.2, 0.25) is 15.9 Å². The number of amides is 1. The number of sulfonamides is 1. The van der Waals surface area contributed by atoms with Crippen LogP contribution in [0.15, 0.2) is 41.3 Å². The van der Waals surface area contributed by atoms with Gasteiger partial charge in [-0.05, 0) is 29.8 Å². The first kappa shape index (κ1) is 21.2. The van der Waals surface area contributed by atoms with E-state index in [9.17, 15) is 22.0 Å². The second-order valence-corrected chi connectivity index (χ2v) is 8.26. The van der Waals surface area contributed by atoms with Crippen LogP contribution in [0.4, 0.5) is 14.5 Å². The fourth-order valence-electron chi connectivity index (χ4n) is 2.92. The molecule has 2 aromatic rings. The Morgan fingerprint density at radius 2 is 1.86 bits per heavy atom. The number of nitrogens with one attached hydrogen (secondary N) is 1. The third-order valence-electron chi connectivity index (χ3n) is 4.38. The molecule has 29 heavy (non-hydrogen) atoms. The maximum atomic E-state index is 13.3. The van der Waals surface area contributed by atoms with Crippen LogP contribution in [0.5, 0.6) is 5.75 Å². The summed E-state index contributed by atoms with van der Waals surface area (Å²) in [5.74, 6) is -2.43. The van der Waals surface area contributed by atoms with Crippen molar-refractivity contribution in [3.63, 3.8) is 0 Å². The minimum Gasteiger partial charge on any atom is -0.495 e. The van der Waals surface area contributed by atoms with Crippen LogP contribution in [0.3, 0.4) is 0 Å². The minimum atomic E-state index is -3.83. The Morgan fingerprint density at radius 1 is 1.14 bits per heavy atom. The number of methoxy groups -OCH3 is 1. The Morgan fingerprint density at radius 3 is 2.52 bits per heavy atom. The van der Waals surface area contributed by atoms with E-state index < -0.39 is 27.6 Å². The molecule has 0 bridgehead atoms. The van der Waals surface area contributed by atoms with Crippen LogP contribution < -0.4 is 10.1 Å². The van der Waals surface area contributed by atoms with Crippen LogP contribution >= 0.6 is 0 Å². The highest BCUT2D eigenvalue weighted by Crippen LogP contribution is 2.28. The molecular weight excluding hydrogens is 406 g/mol. The molecule has 1 amide bonds. The smallest absolute Gasteiger partial charge is 0.246 e. The van der Waals surface area contributed by atoms with Gasteiger partial charge in [0.05, 0.1) is 26.7 Å². The largest absolute Gasteiger partial charge is 0.495 e. The SMILES string of the molecule is COc1ccc(CC(=O)Nc2ccc(F)c(F)c2)cc1S(=O)(=O)N1CCOCC1. The monoisotopic (exact) mass is 426 g/mol. The Hall–Kier alpha value is -2.56. The van der Waals surface area contributed by atoms with Gasteiger partial charge in [0.15, 0.2) is 11.6 Å². The van der Waals surface area contributed by atoms with E-state index in [1.165, 1.54) is 29.6 Å². The molecular formula is C19H20F2N2O5S. The molecule has 0 unspecified atom stereocenters. The van der Waals surface area contributed by atoms with E-state index in [0.29, 0.717) is 18.8 Å². The summed E-state index contributed by atoms with van der Waals surface area (Å²) in [6, 6.07) is 7.45. The van der Waals surface area contributed by atoms with Gasteiger partial charge in [0.1, 0.15) is 10.6 Å². The lowest BCUT2D eigenvalue weighted by atomic mass is 10.1. The van der Waals surface area contributed by atoms with Crippen molar-refractivity contribution in [2.75, 3.05) is 38.7 Å². The molecule has 1 heterocycles. The third kappa shape index (κ3) is 4.89. The Bertz CT molecular complexity index is 1010. The number of nitrogens with zero attached hydrogens (tertiary/aromatic N) is 1. The molecule has 1 aliphatic rings. The fraction of sp³-hybridized carbons (Fsp3) is 0.316. The van der Waals surface area contributed by atoms with Gasteiger partial charge in [-0.1, -0.05) is 6.07 Å². The molecule has 0 spiro atoms. The van der Waals surface area contributed by atoms with E-state index in [2.05, 4.69) is 5.32 Å². The predicted molar refractivity (Wildman–Crippen MR) is 101 cm³/mol. The molecule has 0 aromatic heterocycles. The van der Waals surface area contributed by atoms with Gasteiger partial charge in [0.25, 0.3) is 0 Å². The maximum absolute atomic E-state index is 13.3. The Balaban J connectivity index is 1.80. The van der Waals surface area contributed by atoms with E-state index in [0.717, 1.165) is 12.1 Å². The number of anilines is 1. The van der Waals surface area contributed by atoms with Crippen LogP contribution in [0.1, 0.15) is 5.56 Å². The normalized spacial score (nSPS) is 15.1. The summed E-state index contributed by atoms with van der Waals surface area (Å²) in [7, 11) is -2.46. The topological polar surface area (TPSA) is 84.9 Å². The average Bonchev–Trinajstić information content (AvgIpc) is 2.71. The molecule has 0 aliphatic carbocycles. The number of hydrogen-bond donors (Lipinski definition) is 1. The second kappa shape index (κ2) is 8.85. The van der Waals surface area contributed by atoms with E-state index >= 15 is 0 Å². The van der Waals surface area contributed by atoms with Gasteiger partial charge in [0, 0.05) is 24.8 Å². The average molecular weight is 426 g/mol. The number of ether oxygens (including phenoxy) is 2. The second-order valence-electron chi connectivity index (χ2n) is 6.36. The highest BCUT2D eigenvalue weighted by Gasteiger charge is 2.29. The molecule has 7 nitrogen and oxygen atoms in total. The number of rotatable bonds is 6. The quantitative estimate of drug-likeness (QED) is 0.765. The zero-order valence-electron chi connectivity index (χ0n) is 15.7. The lowest BCUT2D eigenvalue weighted by Gasteiger charge is -2.26. The predicted octanol–water partition coefficient (Wildman–Crippen LogP) is 2.18. The van der Waals surface area contributed by atoms with Crippen molar-refractivity contribution in [2.45, 2.75) is 11.3 Å². The fourth-order valence-corrected chi connectivity index (χ4v) is 4.54. The molecule has 2 aromatic carbocycles. The molecule has 0 saturated carbocycles. The van der Waals surface area contributed by atoms with Gasteiger partial charge in [-0.3, -0.25) is 4.79 Å². The maximum Gasteiger partial charge on any atom is 0.246 e. The number of hydrogen-bond acceptors (Lipinski definition) is 5. The summed E-state index contributed by atoms with van der Waals surface area (Å²) in [5.41, 5.74) is 0.529. The van der Waals surface area contributed by atoms with Crippen LogP contribution in [0.2, 0.25) is 0 Å². The molecule has 0 atom stereocenters. The van der Waals surface area contributed by atoms with Crippen LogP contribution in [-0.4, -0.2) is 52.0 Å². The highest BCUT2D eigenvalue weighted by atomic mass is 32.2. The van der Waals surface area contributed by atoms with Crippen molar-refractivity contribution in [3.05, 3.63) is 53.6 Å². The van der Waals surface area contributed by atoms with Crippen molar-refractivity contribution in [1.82, 2.24) is 4.31 Å². The van der Waals surface area contributed by atoms with Crippen LogP contribution in [-0.2, 0) is 26.0 Å². The Kier molecular flexibility index (Phi) is 6.46. The van der Waals surface area contributed by atoms with Crippen molar-refractivity contribution in [3.8, 4) is 5.75 Å².